The number of carbonyl (C=O) groups excluding carboxylic acids is 2. The summed E-state index contributed by atoms with van der Waals surface area (Å²) in [6.07, 6.45) is 0. The van der Waals surface area contributed by atoms with Crippen molar-refractivity contribution in [3.05, 3.63) is 56.1 Å². The number of nitrogens with one attached hydrogen (secondary N) is 2. The highest BCUT2D eigenvalue weighted by molar-refractivity contribution is 14.1. The summed E-state index contributed by atoms with van der Waals surface area (Å²) in [6, 6.07) is 11.7. The van der Waals surface area contributed by atoms with Crippen molar-refractivity contribution in [1.29, 1.82) is 0 Å². The number of benzene rings is 2. The molecular weight excluding hydrogens is 426 g/mol. The summed E-state index contributed by atoms with van der Waals surface area (Å²) in [4.78, 5) is 23.5. The zero-order valence-corrected chi connectivity index (χ0v) is 14.2. The SMILES string of the molecule is O=C(Nc1ccc(I)cc1)C(=O)Nc1ccc(Cl)c(Cl)c1. The number of halogens is 3. The fourth-order valence-corrected chi connectivity index (χ4v) is 2.14. The fraction of sp³-hybridized carbons (Fsp3) is 0. The van der Waals surface area contributed by atoms with Crippen LogP contribution in [0.25, 0.3) is 0 Å². The second-order valence-corrected chi connectivity index (χ2v) is 6.10. The molecule has 0 radical (unpaired) electrons. The van der Waals surface area contributed by atoms with E-state index in [0.717, 1.165) is 3.57 Å². The lowest BCUT2D eigenvalue weighted by Gasteiger charge is -2.07. The highest BCUT2D eigenvalue weighted by Gasteiger charge is 2.14. The number of hydrogen-bond donors (Lipinski definition) is 2. The fourth-order valence-electron chi connectivity index (χ4n) is 1.48. The number of rotatable bonds is 2. The van der Waals surface area contributed by atoms with Crippen molar-refractivity contribution in [3.63, 3.8) is 0 Å². The first-order chi connectivity index (χ1) is 9.95. The van der Waals surface area contributed by atoms with Gasteiger partial charge in [0, 0.05) is 14.9 Å². The maximum atomic E-state index is 11.8. The summed E-state index contributed by atoms with van der Waals surface area (Å²) in [6.45, 7) is 0. The Morgan fingerprint density at radius 1 is 0.810 bits per heavy atom. The summed E-state index contributed by atoms with van der Waals surface area (Å²) in [5.41, 5.74) is 0.942. The minimum atomic E-state index is -0.785. The Morgan fingerprint density at radius 3 is 1.90 bits per heavy atom. The zero-order chi connectivity index (χ0) is 15.4. The second kappa shape index (κ2) is 7.11. The summed E-state index contributed by atoms with van der Waals surface area (Å²) in [5, 5.41) is 5.62. The number of anilines is 2. The third-order valence-electron chi connectivity index (χ3n) is 2.49. The topological polar surface area (TPSA) is 58.2 Å². The van der Waals surface area contributed by atoms with E-state index in [-0.39, 0.29) is 0 Å². The van der Waals surface area contributed by atoms with Crippen LogP contribution in [0.4, 0.5) is 11.4 Å². The molecule has 0 atom stereocenters. The van der Waals surface area contributed by atoms with Crippen LogP contribution < -0.4 is 10.6 Å². The van der Waals surface area contributed by atoms with Crippen molar-refractivity contribution in [2.24, 2.45) is 0 Å². The van der Waals surface area contributed by atoms with Gasteiger partial charge in [0.15, 0.2) is 0 Å². The van der Waals surface area contributed by atoms with Gasteiger partial charge in [0.2, 0.25) is 0 Å². The van der Waals surface area contributed by atoms with Crippen LogP contribution in [-0.2, 0) is 9.59 Å². The van der Waals surface area contributed by atoms with E-state index in [9.17, 15) is 9.59 Å². The van der Waals surface area contributed by atoms with Crippen molar-refractivity contribution < 1.29 is 9.59 Å². The lowest BCUT2D eigenvalue weighted by molar-refractivity contribution is -0.132. The molecule has 0 aliphatic carbocycles. The smallest absolute Gasteiger partial charge is 0.314 e. The van der Waals surface area contributed by atoms with E-state index in [4.69, 9.17) is 23.2 Å². The molecular formula is C14H9Cl2IN2O2. The zero-order valence-electron chi connectivity index (χ0n) is 10.5. The van der Waals surface area contributed by atoms with Crippen LogP contribution in [0.2, 0.25) is 10.0 Å². The van der Waals surface area contributed by atoms with Gasteiger partial charge in [0.05, 0.1) is 10.0 Å². The van der Waals surface area contributed by atoms with Gasteiger partial charge in [-0.1, -0.05) is 23.2 Å². The minimum Gasteiger partial charge on any atom is -0.318 e. The summed E-state index contributed by atoms with van der Waals surface area (Å²) >= 11 is 13.8. The van der Waals surface area contributed by atoms with Gasteiger partial charge in [-0.2, -0.15) is 0 Å². The highest BCUT2D eigenvalue weighted by atomic mass is 127. The minimum absolute atomic E-state index is 0.299. The predicted octanol–water partition coefficient (Wildman–Crippen LogP) is 4.18. The van der Waals surface area contributed by atoms with Crippen LogP contribution in [0.3, 0.4) is 0 Å². The maximum absolute atomic E-state index is 11.8. The van der Waals surface area contributed by atoms with Gasteiger partial charge in [0.1, 0.15) is 0 Å². The molecule has 21 heavy (non-hydrogen) atoms. The first kappa shape index (κ1) is 16.1. The van der Waals surface area contributed by atoms with Crippen LogP contribution in [0.15, 0.2) is 42.5 Å². The first-order valence-corrected chi connectivity index (χ1v) is 7.62. The molecule has 0 aromatic heterocycles. The van der Waals surface area contributed by atoms with E-state index in [1.807, 2.05) is 12.1 Å². The summed E-state index contributed by atoms with van der Waals surface area (Å²) in [7, 11) is 0. The molecule has 4 nitrogen and oxygen atoms in total. The standard InChI is InChI=1S/C14H9Cl2IN2O2/c15-11-6-5-10(7-12(11)16)19-14(21)13(20)18-9-3-1-8(17)2-4-9/h1-7H,(H,18,20)(H,19,21). The van der Waals surface area contributed by atoms with E-state index in [0.29, 0.717) is 21.4 Å². The van der Waals surface area contributed by atoms with Gasteiger partial charge >= 0.3 is 11.8 Å². The van der Waals surface area contributed by atoms with E-state index >= 15 is 0 Å². The van der Waals surface area contributed by atoms with E-state index in [2.05, 4.69) is 33.2 Å². The van der Waals surface area contributed by atoms with Crippen LogP contribution in [0, 0.1) is 3.57 Å². The van der Waals surface area contributed by atoms with Crippen molar-refractivity contribution in [2.75, 3.05) is 10.6 Å². The lowest BCUT2D eigenvalue weighted by Crippen LogP contribution is -2.29. The first-order valence-electron chi connectivity index (χ1n) is 5.78. The Kier molecular flexibility index (Phi) is 5.44. The average Bonchev–Trinajstić information content (AvgIpc) is 2.45. The molecule has 0 unspecified atom stereocenters. The predicted molar refractivity (Wildman–Crippen MR) is 92.9 cm³/mol. The quantitative estimate of drug-likeness (QED) is 0.550. The van der Waals surface area contributed by atoms with Crippen molar-refractivity contribution in [3.8, 4) is 0 Å². The van der Waals surface area contributed by atoms with Gasteiger partial charge in [-0.3, -0.25) is 9.59 Å². The monoisotopic (exact) mass is 434 g/mol. The molecule has 2 N–H and O–H groups in total. The van der Waals surface area contributed by atoms with Crippen LogP contribution >= 0.6 is 45.8 Å². The molecule has 7 heteroatoms. The Morgan fingerprint density at radius 2 is 1.33 bits per heavy atom. The molecule has 2 aromatic rings. The summed E-state index contributed by atoms with van der Waals surface area (Å²) in [5.74, 6) is -1.55. The van der Waals surface area contributed by atoms with Crippen LogP contribution in [-0.4, -0.2) is 11.8 Å². The van der Waals surface area contributed by atoms with Crippen molar-refractivity contribution >= 4 is 69.0 Å². The molecule has 0 heterocycles. The van der Waals surface area contributed by atoms with Crippen molar-refractivity contribution in [1.82, 2.24) is 0 Å². The second-order valence-electron chi connectivity index (χ2n) is 4.04. The largest absolute Gasteiger partial charge is 0.318 e. The molecule has 0 saturated carbocycles. The number of hydrogen-bond acceptors (Lipinski definition) is 2. The Hall–Kier alpha value is -1.31. The van der Waals surface area contributed by atoms with Gasteiger partial charge < -0.3 is 10.6 Å². The Bertz CT molecular complexity index is 690. The van der Waals surface area contributed by atoms with E-state index < -0.39 is 11.8 Å². The molecule has 108 valence electrons. The van der Waals surface area contributed by atoms with Gasteiger partial charge in [0.25, 0.3) is 0 Å². The van der Waals surface area contributed by atoms with E-state index in [1.165, 1.54) is 12.1 Å². The van der Waals surface area contributed by atoms with E-state index in [1.54, 1.807) is 18.2 Å². The van der Waals surface area contributed by atoms with Crippen LogP contribution in [0.5, 0.6) is 0 Å². The van der Waals surface area contributed by atoms with Crippen LogP contribution in [0.1, 0.15) is 0 Å². The highest BCUT2D eigenvalue weighted by Crippen LogP contribution is 2.25. The van der Waals surface area contributed by atoms with Crippen molar-refractivity contribution in [2.45, 2.75) is 0 Å². The lowest BCUT2D eigenvalue weighted by atomic mass is 10.3. The third kappa shape index (κ3) is 4.59. The number of carbonyl (C=O) groups is 2. The molecule has 0 spiro atoms. The third-order valence-corrected chi connectivity index (χ3v) is 3.94. The molecule has 2 rings (SSSR count). The number of amides is 2. The van der Waals surface area contributed by atoms with Gasteiger partial charge in [-0.05, 0) is 65.1 Å². The normalized spacial score (nSPS) is 10.0. The van der Waals surface area contributed by atoms with Gasteiger partial charge in [-0.15, -0.1) is 0 Å². The maximum Gasteiger partial charge on any atom is 0.314 e. The molecule has 0 fully saturated rings. The molecule has 0 saturated heterocycles. The molecule has 2 aromatic carbocycles. The molecule has 0 aliphatic heterocycles. The van der Waals surface area contributed by atoms with Gasteiger partial charge in [-0.25, -0.2) is 0 Å². The average molecular weight is 435 g/mol. The molecule has 2 amide bonds. The Labute approximate surface area is 145 Å². The Balaban J connectivity index is 2.00. The summed E-state index contributed by atoms with van der Waals surface area (Å²) < 4.78 is 1.03. The molecule has 0 aliphatic rings. The molecule has 0 bridgehead atoms.